The van der Waals surface area contributed by atoms with Crippen LogP contribution in [0.2, 0.25) is 18.6 Å². The number of hydrogen-bond donors (Lipinski definition) is 1. The summed E-state index contributed by atoms with van der Waals surface area (Å²) in [6.45, 7) is 7.04. The lowest BCUT2D eigenvalue weighted by Gasteiger charge is -2.37. The molecule has 6 aromatic rings. The molecular formula is C47H48N6O7Si. The summed E-state index contributed by atoms with van der Waals surface area (Å²) in [5.41, 5.74) is 2.88. The van der Waals surface area contributed by atoms with E-state index < -0.39 is 30.6 Å². The van der Waals surface area contributed by atoms with E-state index in [0.29, 0.717) is 41.3 Å². The van der Waals surface area contributed by atoms with Gasteiger partial charge in [0.2, 0.25) is 6.41 Å². The number of methoxy groups -OCH3 is 1. The van der Waals surface area contributed by atoms with Gasteiger partial charge in [-0.3, -0.25) is 29.3 Å². The van der Waals surface area contributed by atoms with E-state index in [1.54, 1.807) is 27.7 Å². The van der Waals surface area contributed by atoms with Crippen molar-refractivity contribution in [3.05, 3.63) is 166 Å². The van der Waals surface area contributed by atoms with Crippen LogP contribution in [0, 0.1) is 16.0 Å². The Morgan fingerprint density at radius 3 is 2.34 bits per heavy atom. The zero-order chi connectivity index (χ0) is 42.9. The Balaban J connectivity index is 1.17. The normalized spacial score (nSPS) is 20.1. The third-order valence-electron chi connectivity index (χ3n) is 12.6. The number of aromatic nitrogens is 3. The van der Waals surface area contributed by atoms with E-state index in [-0.39, 0.29) is 36.2 Å². The van der Waals surface area contributed by atoms with Crippen molar-refractivity contribution in [1.82, 2.24) is 15.0 Å². The summed E-state index contributed by atoms with van der Waals surface area (Å²) in [6.07, 6.45) is 2.63. The minimum atomic E-state index is -2.54. The molecule has 13 nitrogen and oxygen atoms in total. The average Bonchev–Trinajstić information content (AvgIpc) is 3.94. The molecule has 3 heterocycles. The number of aryl methyl sites for hydroxylation is 1. The van der Waals surface area contributed by atoms with Crippen molar-refractivity contribution in [2.24, 2.45) is 5.92 Å². The number of non-ortho nitro benzene ring substituents is 1. The molecule has 1 N–H and O–H groups in total. The molecule has 61 heavy (non-hydrogen) atoms. The maximum atomic E-state index is 15.4. The van der Waals surface area contributed by atoms with Crippen LogP contribution in [-0.4, -0.2) is 65.2 Å². The summed E-state index contributed by atoms with van der Waals surface area (Å²) in [7, 11) is -0.910. The molecule has 1 saturated heterocycles. The molecule has 1 spiro atoms. The summed E-state index contributed by atoms with van der Waals surface area (Å²) in [6, 6.07) is 39.1. The first-order valence-electron chi connectivity index (χ1n) is 20.4. The number of rotatable bonds is 15. The Bertz CT molecular complexity index is 2540. The van der Waals surface area contributed by atoms with E-state index >= 15 is 4.79 Å². The molecule has 5 aromatic carbocycles. The van der Waals surface area contributed by atoms with Gasteiger partial charge in [0, 0.05) is 47.7 Å². The highest BCUT2D eigenvalue weighted by Crippen LogP contribution is 2.60. The number of anilines is 3. The van der Waals surface area contributed by atoms with Crippen LogP contribution in [0.1, 0.15) is 41.6 Å². The van der Waals surface area contributed by atoms with Gasteiger partial charge in [0.25, 0.3) is 11.6 Å². The minimum absolute atomic E-state index is 0.130. The third-order valence-corrected chi connectivity index (χ3v) is 17.0. The van der Waals surface area contributed by atoms with Gasteiger partial charge in [-0.15, -0.1) is 5.10 Å². The van der Waals surface area contributed by atoms with Gasteiger partial charge in [0.15, 0.2) is 5.60 Å². The smallest absolute Gasteiger partial charge is 0.269 e. The Morgan fingerprint density at radius 2 is 1.67 bits per heavy atom. The van der Waals surface area contributed by atoms with Crippen LogP contribution >= 0.6 is 0 Å². The Morgan fingerprint density at radius 1 is 0.967 bits per heavy atom. The van der Waals surface area contributed by atoms with Gasteiger partial charge in [0.05, 0.1) is 56.7 Å². The number of hydrogen-bond acceptors (Lipinski definition) is 9. The highest BCUT2D eigenvalue weighted by atomic mass is 28.3. The number of nitro groups is 1. The van der Waals surface area contributed by atoms with Crippen molar-refractivity contribution in [3.8, 4) is 5.75 Å². The van der Waals surface area contributed by atoms with Gasteiger partial charge in [-0.05, 0) is 65.6 Å². The molecule has 0 saturated carbocycles. The summed E-state index contributed by atoms with van der Waals surface area (Å²) in [5.74, 6) is -0.300. The number of amides is 2. The molecule has 5 atom stereocenters. The first-order valence-corrected chi connectivity index (χ1v) is 23.5. The number of benzene rings is 5. The number of ether oxygens (including phenoxy) is 2. The molecule has 2 aliphatic heterocycles. The van der Waals surface area contributed by atoms with Crippen LogP contribution in [0.4, 0.5) is 22.7 Å². The highest BCUT2D eigenvalue weighted by molar-refractivity contribution is 6.91. The van der Waals surface area contributed by atoms with Crippen molar-refractivity contribution in [3.63, 3.8) is 0 Å². The fourth-order valence-corrected chi connectivity index (χ4v) is 13.6. The molecule has 0 radical (unpaired) electrons. The predicted molar refractivity (Wildman–Crippen MR) is 235 cm³/mol. The van der Waals surface area contributed by atoms with E-state index in [1.807, 2.05) is 103 Å². The van der Waals surface area contributed by atoms with E-state index in [1.165, 1.54) is 12.1 Å². The monoisotopic (exact) mass is 836 g/mol. The van der Waals surface area contributed by atoms with Crippen molar-refractivity contribution in [2.75, 3.05) is 23.5 Å². The summed E-state index contributed by atoms with van der Waals surface area (Å²) in [5, 5.41) is 32.7. The Hall–Kier alpha value is -6.48. The van der Waals surface area contributed by atoms with Gasteiger partial charge >= 0.3 is 0 Å². The van der Waals surface area contributed by atoms with Gasteiger partial charge in [0.1, 0.15) is 5.75 Å². The zero-order valence-corrected chi connectivity index (χ0v) is 35.5. The van der Waals surface area contributed by atoms with Gasteiger partial charge in [-0.1, -0.05) is 103 Å². The standard InChI is InChI=1S/C47H48N6O7Si/c1-32-45(61(3,4)39-21-19-38(59-2)20-22-39)44(24-25-50-29-42(48-49-50)40(30-54)34-13-7-5-8-14-34)60-47(32)41-27-37(53(57)58)18-23-43(41)51(46(47)56)28-33-12-11-17-36(26-33)52(31-55)35-15-9-6-10-16-35/h5-23,26-27,29,31-32,40,44-45,54H,24-25,28,30H2,1-4H3/t32-,40?,44+,45-,47+/m1/s1. The lowest BCUT2D eigenvalue weighted by Crippen LogP contribution is -2.51. The highest BCUT2D eigenvalue weighted by Gasteiger charge is 2.66. The van der Waals surface area contributed by atoms with Crippen molar-refractivity contribution in [1.29, 1.82) is 0 Å². The maximum Gasteiger partial charge on any atom is 0.269 e. The van der Waals surface area contributed by atoms with E-state index in [2.05, 4.69) is 42.5 Å². The first-order chi connectivity index (χ1) is 29.5. The second-order valence-corrected chi connectivity index (χ2v) is 21.0. The van der Waals surface area contributed by atoms with Gasteiger partial charge in [-0.25, -0.2) is 0 Å². The third kappa shape index (κ3) is 7.51. The molecule has 2 amide bonds. The molecule has 0 bridgehead atoms. The van der Waals surface area contributed by atoms with E-state index in [4.69, 9.17) is 9.47 Å². The Labute approximate surface area is 355 Å². The molecule has 312 valence electrons. The number of para-hydroxylation sites is 1. The van der Waals surface area contributed by atoms with Crippen molar-refractivity contribution in [2.45, 2.75) is 62.7 Å². The molecule has 1 unspecified atom stereocenters. The number of aliphatic hydroxyl groups excluding tert-OH is 1. The van der Waals surface area contributed by atoms with Gasteiger partial charge in [-0.2, -0.15) is 0 Å². The fourth-order valence-electron chi connectivity index (χ4n) is 9.59. The molecular weight excluding hydrogens is 789 g/mol. The van der Waals surface area contributed by atoms with Crippen LogP contribution in [0.5, 0.6) is 5.75 Å². The number of nitrogens with zero attached hydrogens (tertiary/aromatic N) is 6. The van der Waals surface area contributed by atoms with Crippen LogP contribution < -0.4 is 19.7 Å². The van der Waals surface area contributed by atoms with E-state index in [0.717, 1.165) is 28.5 Å². The lowest BCUT2D eigenvalue weighted by molar-refractivity contribution is -0.385. The summed E-state index contributed by atoms with van der Waals surface area (Å²) < 4.78 is 14.5. The Kier molecular flexibility index (Phi) is 11.4. The summed E-state index contributed by atoms with van der Waals surface area (Å²) in [4.78, 5) is 42.9. The quantitative estimate of drug-likeness (QED) is 0.0481. The summed E-state index contributed by atoms with van der Waals surface area (Å²) >= 11 is 0. The molecule has 0 aliphatic carbocycles. The number of carbonyl (C=O) groups excluding carboxylic acids is 2. The van der Waals surface area contributed by atoms with Crippen molar-refractivity contribution >= 4 is 48.3 Å². The maximum absolute atomic E-state index is 15.4. The molecule has 1 aromatic heterocycles. The average molecular weight is 837 g/mol. The number of fused-ring (bicyclic) bond motifs is 2. The zero-order valence-electron chi connectivity index (χ0n) is 34.5. The van der Waals surface area contributed by atoms with E-state index in [9.17, 15) is 20.0 Å². The number of nitro benzene ring substituents is 1. The largest absolute Gasteiger partial charge is 0.497 e. The first kappa shape index (κ1) is 41.3. The van der Waals surface area contributed by atoms with Gasteiger partial charge < -0.3 is 19.5 Å². The topological polar surface area (TPSA) is 153 Å². The van der Waals surface area contributed by atoms with Crippen LogP contribution in [0.15, 0.2) is 134 Å². The second-order valence-electron chi connectivity index (χ2n) is 16.3. The molecule has 2 aliphatic rings. The minimum Gasteiger partial charge on any atom is -0.497 e. The van der Waals surface area contributed by atoms with Crippen LogP contribution in [0.3, 0.4) is 0 Å². The fraction of sp³-hybridized carbons (Fsp3) is 0.277. The van der Waals surface area contributed by atoms with Crippen molar-refractivity contribution < 1.29 is 29.1 Å². The SMILES string of the molecule is COc1ccc([Si](C)(C)[C@H]2[C@H](CCn3cc(C(CO)c4ccccc4)nn3)O[C@@]3(C(=O)N(Cc4cccc(N(C=O)c5ccccc5)c4)c4ccc([N+](=O)[O-])cc43)[C@@H]2C)cc1. The van der Waals surface area contributed by atoms with Crippen LogP contribution in [-0.2, 0) is 33.0 Å². The second kappa shape index (κ2) is 16.9. The number of carbonyl (C=O) groups is 2. The molecule has 14 heteroatoms. The molecule has 1 fully saturated rings. The molecule has 8 rings (SSSR count). The lowest BCUT2D eigenvalue weighted by atomic mass is 9.82. The van der Waals surface area contributed by atoms with Crippen LogP contribution in [0.25, 0.3) is 0 Å². The predicted octanol–water partition coefficient (Wildman–Crippen LogP) is 7.47. The number of aliphatic hydroxyl groups is 1.